The molecule has 8 heteroatoms. The minimum atomic E-state index is -0.0706. The van der Waals surface area contributed by atoms with Crippen LogP contribution in [0.2, 0.25) is 0 Å². The average Bonchev–Trinajstić information content (AvgIpc) is 2.88. The summed E-state index contributed by atoms with van der Waals surface area (Å²) in [6.07, 6.45) is 3.30. The van der Waals surface area contributed by atoms with Crippen molar-refractivity contribution in [3.05, 3.63) is 59.5 Å². The zero-order valence-corrected chi connectivity index (χ0v) is 15.2. The minimum Gasteiger partial charge on any atom is -0.497 e. The van der Waals surface area contributed by atoms with E-state index in [1.165, 1.54) is 0 Å². The maximum atomic E-state index is 12.3. The fourth-order valence-corrected chi connectivity index (χ4v) is 4.17. The number of carbonyl (C=O) groups is 1. The Morgan fingerprint density at radius 3 is 2.85 bits per heavy atom. The van der Waals surface area contributed by atoms with Gasteiger partial charge in [-0.2, -0.15) is 9.78 Å². The van der Waals surface area contributed by atoms with Gasteiger partial charge in [-0.05, 0) is 30.7 Å². The standard InChI is InChI=1S/C18H17N5O2S/c1-11-15-16(12-5-3-6-13(9-12)25-2)26-10-14(24)21-17(15)23(22-11)18-19-7-4-8-20-18/h3-9,16H,10H2,1-2H3,(H,21,24)/t16-/m1/s1. The lowest BCUT2D eigenvalue weighted by molar-refractivity contribution is -0.113. The third-order valence-corrected chi connectivity index (χ3v) is 5.42. The molecule has 1 N–H and O–H groups in total. The first-order valence-corrected chi connectivity index (χ1v) is 9.14. The summed E-state index contributed by atoms with van der Waals surface area (Å²) < 4.78 is 6.96. The number of thioether (sulfide) groups is 1. The fraction of sp³-hybridized carbons (Fsp3) is 0.222. The van der Waals surface area contributed by atoms with Crippen LogP contribution in [0.1, 0.15) is 22.1 Å². The first kappa shape index (κ1) is 16.6. The third kappa shape index (κ3) is 2.92. The van der Waals surface area contributed by atoms with E-state index in [9.17, 15) is 4.79 Å². The number of ether oxygens (including phenoxy) is 1. The Morgan fingerprint density at radius 1 is 1.27 bits per heavy atom. The zero-order valence-electron chi connectivity index (χ0n) is 14.3. The van der Waals surface area contributed by atoms with Crippen LogP contribution in [0.4, 0.5) is 5.82 Å². The monoisotopic (exact) mass is 367 g/mol. The molecule has 132 valence electrons. The van der Waals surface area contributed by atoms with Crippen molar-refractivity contribution in [1.29, 1.82) is 0 Å². The van der Waals surface area contributed by atoms with Crippen LogP contribution in [0.5, 0.6) is 5.75 Å². The van der Waals surface area contributed by atoms with Crippen LogP contribution in [0.15, 0.2) is 42.7 Å². The molecule has 0 saturated carbocycles. The van der Waals surface area contributed by atoms with Crippen LogP contribution in [-0.4, -0.2) is 38.5 Å². The van der Waals surface area contributed by atoms with Crippen molar-refractivity contribution in [2.75, 3.05) is 18.2 Å². The van der Waals surface area contributed by atoms with Crippen LogP contribution >= 0.6 is 11.8 Å². The van der Waals surface area contributed by atoms with Gasteiger partial charge in [0, 0.05) is 18.0 Å². The highest BCUT2D eigenvalue weighted by molar-refractivity contribution is 8.00. The number of aromatic nitrogens is 4. The van der Waals surface area contributed by atoms with Crippen molar-refractivity contribution >= 4 is 23.5 Å². The molecule has 1 atom stereocenters. The summed E-state index contributed by atoms with van der Waals surface area (Å²) in [4.78, 5) is 20.8. The molecule has 0 bridgehead atoms. The average molecular weight is 367 g/mol. The highest BCUT2D eigenvalue weighted by Crippen LogP contribution is 2.44. The second-order valence-electron chi connectivity index (χ2n) is 5.82. The first-order chi connectivity index (χ1) is 12.7. The van der Waals surface area contributed by atoms with E-state index in [-0.39, 0.29) is 11.2 Å². The molecule has 0 aliphatic carbocycles. The summed E-state index contributed by atoms with van der Waals surface area (Å²) in [6.45, 7) is 1.93. The van der Waals surface area contributed by atoms with Crippen LogP contribution in [0.25, 0.3) is 5.95 Å². The molecule has 0 fully saturated rings. The summed E-state index contributed by atoms with van der Waals surface area (Å²) in [5.74, 6) is 2.11. The van der Waals surface area contributed by atoms with Gasteiger partial charge in [0.25, 0.3) is 5.95 Å². The molecular formula is C18H17N5O2S. The Kier molecular flexibility index (Phi) is 4.34. The van der Waals surface area contributed by atoms with Gasteiger partial charge in [0.2, 0.25) is 5.91 Å². The smallest absolute Gasteiger partial charge is 0.252 e. The van der Waals surface area contributed by atoms with E-state index < -0.39 is 0 Å². The predicted octanol–water partition coefficient (Wildman–Crippen LogP) is 2.75. The third-order valence-electron chi connectivity index (χ3n) is 4.15. The van der Waals surface area contributed by atoms with Crippen LogP contribution < -0.4 is 10.1 Å². The number of rotatable bonds is 3. The Bertz CT molecular complexity index is 957. The molecule has 1 aliphatic heterocycles. The number of hydrogen-bond acceptors (Lipinski definition) is 6. The maximum Gasteiger partial charge on any atom is 0.252 e. The molecule has 0 unspecified atom stereocenters. The topological polar surface area (TPSA) is 81.9 Å². The molecular weight excluding hydrogens is 350 g/mol. The SMILES string of the molecule is COc1cccc([C@H]2SCC(=O)Nc3c2c(C)nn3-c2ncccn2)c1. The van der Waals surface area contributed by atoms with Gasteiger partial charge in [0.15, 0.2) is 0 Å². The molecule has 7 nitrogen and oxygen atoms in total. The Labute approximate surface area is 154 Å². The van der Waals surface area contributed by atoms with E-state index in [4.69, 9.17) is 4.74 Å². The number of nitrogens with zero attached hydrogens (tertiary/aromatic N) is 4. The Morgan fingerprint density at radius 2 is 2.08 bits per heavy atom. The number of amides is 1. The van der Waals surface area contributed by atoms with Crippen LogP contribution in [-0.2, 0) is 4.79 Å². The number of benzene rings is 1. The molecule has 0 radical (unpaired) electrons. The lowest BCUT2D eigenvalue weighted by Gasteiger charge is -2.16. The molecule has 0 saturated heterocycles. The van der Waals surface area contributed by atoms with Crippen molar-refractivity contribution in [3.63, 3.8) is 0 Å². The summed E-state index contributed by atoms with van der Waals surface area (Å²) in [5.41, 5.74) is 2.85. The van der Waals surface area contributed by atoms with E-state index in [0.29, 0.717) is 17.5 Å². The number of anilines is 1. The summed E-state index contributed by atoms with van der Waals surface area (Å²) in [5, 5.41) is 7.51. The van der Waals surface area contributed by atoms with Crippen molar-refractivity contribution < 1.29 is 9.53 Å². The first-order valence-electron chi connectivity index (χ1n) is 8.09. The fourth-order valence-electron chi connectivity index (χ4n) is 3.00. The van der Waals surface area contributed by atoms with E-state index in [0.717, 1.165) is 22.6 Å². The second-order valence-corrected chi connectivity index (χ2v) is 6.92. The molecule has 0 spiro atoms. The molecule has 2 aromatic heterocycles. The molecule has 26 heavy (non-hydrogen) atoms. The number of fused-ring (bicyclic) bond motifs is 1. The number of carbonyl (C=O) groups excluding carboxylic acids is 1. The van der Waals surface area contributed by atoms with Gasteiger partial charge in [-0.1, -0.05) is 12.1 Å². The van der Waals surface area contributed by atoms with E-state index in [2.05, 4.69) is 20.4 Å². The maximum absolute atomic E-state index is 12.3. The molecule has 1 aromatic carbocycles. The molecule has 4 rings (SSSR count). The molecule has 1 aliphatic rings. The van der Waals surface area contributed by atoms with Crippen molar-refractivity contribution in [3.8, 4) is 11.7 Å². The van der Waals surface area contributed by atoms with Crippen molar-refractivity contribution in [2.24, 2.45) is 0 Å². The van der Waals surface area contributed by atoms with Gasteiger partial charge in [0.05, 0.1) is 23.8 Å². The number of aryl methyl sites for hydroxylation is 1. The summed E-state index contributed by atoms with van der Waals surface area (Å²) in [6, 6.07) is 9.63. The molecule has 3 heterocycles. The number of methoxy groups -OCH3 is 1. The Hall–Kier alpha value is -2.87. The highest BCUT2D eigenvalue weighted by atomic mass is 32.2. The quantitative estimate of drug-likeness (QED) is 0.767. The largest absolute Gasteiger partial charge is 0.497 e. The van der Waals surface area contributed by atoms with Gasteiger partial charge in [-0.3, -0.25) is 4.79 Å². The number of nitrogens with one attached hydrogen (secondary N) is 1. The highest BCUT2D eigenvalue weighted by Gasteiger charge is 2.31. The normalized spacial score (nSPS) is 16.5. The minimum absolute atomic E-state index is 0.0449. The lowest BCUT2D eigenvalue weighted by Crippen LogP contribution is -2.16. The van der Waals surface area contributed by atoms with Crippen LogP contribution in [0, 0.1) is 6.92 Å². The zero-order chi connectivity index (χ0) is 18.1. The van der Waals surface area contributed by atoms with Gasteiger partial charge in [-0.25, -0.2) is 9.97 Å². The van der Waals surface area contributed by atoms with Crippen molar-refractivity contribution in [2.45, 2.75) is 12.2 Å². The van der Waals surface area contributed by atoms with Gasteiger partial charge >= 0.3 is 0 Å². The summed E-state index contributed by atoms with van der Waals surface area (Å²) >= 11 is 1.57. The van der Waals surface area contributed by atoms with E-state index in [1.54, 1.807) is 42.0 Å². The van der Waals surface area contributed by atoms with Gasteiger partial charge in [0.1, 0.15) is 11.6 Å². The second kappa shape index (κ2) is 6.80. The van der Waals surface area contributed by atoms with Gasteiger partial charge < -0.3 is 10.1 Å². The number of hydrogen-bond donors (Lipinski definition) is 1. The van der Waals surface area contributed by atoms with E-state index >= 15 is 0 Å². The predicted molar refractivity (Wildman–Crippen MR) is 99.8 cm³/mol. The molecule has 1 amide bonds. The van der Waals surface area contributed by atoms with Crippen molar-refractivity contribution in [1.82, 2.24) is 19.7 Å². The Balaban J connectivity index is 1.88. The van der Waals surface area contributed by atoms with Gasteiger partial charge in [-0.15, -0.1) is 11.8 Å². The molecule has 3 aromatic rings. The lowest BCUT2D eigenvalue weighted by atomic mass is 10.0. The summed E-state index contributed by atoms with van der Waals surface area (Å²) in [7, 11) is 1.64. The van der Waals surface area contributed by atoms with E-state index in [1.807, 2.05) is 31.2 Å². The van der Waals surface area contributed by atoms with Crippen LogP contribution in [0.3, 0.4) is 0 Å².